The number of hydrogen-bond donors (Lipinski definition) is 1. The third-order valence-corrected chi connectivity index (χ3v) is 3.49. The number of ether oxygens (including phenoxy) is 1. The highest BCUT2D eigenvalue weighted by Crippen LogP contribution is 2.17. The van der Waals surface area contributed by atoms with Crippen LogP contribution in [-0.2, 0) is 0 Å². The lowest BCUT2D eigenvalue weighted by molar-refractivity contribution is 0.327. The van der Waals surface area contributed by atoms with E-state index in [2.05, 4.69) is 34.6 Å². The van der Waals surface area contributed by atoms with E-state index >= 15 is 0 Å². The van der Waals surface area contributed by atoms with Gasteiger partial charge in [-0.2, -0.15) is 0 Å². The Morgan fingerprint density at radius 3 is 2.68 bits per heavy atom. The van der Waals surface area contributed by atoms with E-state index < -0.39 is 0 Å². The topological polar surface area (TPSA) is 34.1 Å². The largest absolute Gasteiger partial charge is 0.478 e. The Balaban J connectivity index is 1.70. The molecular formula is C15H18N2OS. The van der Waals surface area contributed by atoms with E-state index in [1.54, 1.807) is 6.20 Å². The lowest BCUT2D eigenvalue weighted by atomic mass is 10.4. The van der Waals surface area contributed by atoms with Crippen molar-refractivity contribution in [3.05, 3.63) is 48.7 Å². The number of nitrogens with zero attached hydrogens (tertiary/aromatic N) is 1. The van der Waals surface area contributed by atoms with Gasteiger partial charge in [0.1, 0.15) is 0 Å². The molecule has 0 saturated carbocycles. The lowest BCUT2D eigenvalue weighted by Crippen LogP contribution is -2.04. The maximum Gasteiger partial charge on any atom is 0.213 e. The molecular weight excluding hydrogens is 256 g/mol. The summed E-state index contributed by atoms with van der Waals surface area (Å²) in [5.41, 5.74) is 1.03. The molecule has 100 valence electrons. The predicted octanol–water partition coefficient (Wildman–Crippen LogP) is 3.68. The number of rotatable bonds is 7. The first-order chi connectivity index (χ1) is 9.38. The number of pyridine rings is 1. The molecule has 0 fully saturated rings. The van der Waals surface area contributed by atoms with E-state index in [1.807, 2.05) is 36.9 Å². The van der Waals surface area contributed by atoms with Gasteiger partial charge in [-0.25, -0.2) is 4.98 Å². The van der Waals surface area contributed by atoms with Crippen LogP contribution >= 0.6 is 11.8 Å². The summed E-state index contributed by atoms with van der Waals surface area (Å²) < 4.78 is 5.30. The zero-order chi connectivity index (χ0) is 13.3. The first kappa shape index (κ1) is 13.7. The molecule has 3 nitrogen and oxygen atoms in total. The summed E-state index contributed by atoms with van der Waals surface area (Å²) in [6.07, 6.45) is 1.80. The minimum atomic E-state index is 0.646. The fraction of sp³-hybridized carbons (Fsp3) is 0.267. The molecule has 0 bridgehead atoms. The summed E-state index contributed by atoms with van der Waals surface area (Å²) in [5.74, 6) is 1.70. The second-order valence-electron chi connectivity index (χ2n) is 3.91. The Morgan fingerprint density at radius 2 is 2.00 bits per heavy atom. The highest BCUT2D eigenvalue weighted by molar-refractivity contribution is 7.99. The first-order valence-corrected chi connectivity index (χ1v) is 7.37. The molecule has 4 heteroatoms. The molecule has 0 unspecified atom stereocenters. The van der Waals surface area contributed by atoms with Crippen molar-refractivity contribution in [2.45, 2.75) is 11.8 Å². The van der Waals surface area contributed by atoms with Crippen molar-refractivity contribution in [1.29, 1.82) is 0 Å². The Kier molecular flexibility index (Phi) is 5.56. The minimum absolute atomic E-state index is 0.646. The Hall–Kier alpha value is -1.68. The summed E-state index contributed by atoms with van der Waals surface area (Å²) in [6.45, 7) is 3.51. The maximum absolute atomic E-state index is 5.30. The van der Waals surface area contributed by atoms with Crippen LogP contribution in [0.1, 0.15) is 6.92 Å². The molecule has 19 heavy (non-hydrogen) atoms. The van der Waals surface area contributed by atoms with E-state index in [4.69, 9.17) is 4.74 Å². The third-order valence-electron chi connectivity index (χ3n) is 2.47. The summed E-state index contributed by atoms with van der Waals surface area (Å²) in [6, 6.07) is 14.3. The van der Waals surface area contributed by atoms with Crippen LogP contribution in [0.2, 0.25) is 0 Å². The molecule has 1 aromatic heterocycles. The van der Waals surface area contributed by atoms with Crippen molar-refractivity contribution in [1.82, 2.24) is 4.98 Å². The van der Waals surface area contributed by atoms with E-state index in [-0.39, 0.29) is 0 Å². The molecule has 0 amide bonds. The molecule has 0 atom stereocenters. The van der Waals surface area contributed by atoms with E-state index in [0.29, 0.717) is 12.5 Å². The number of thioether (sulfide) groups is 1. The SMILES string of the molecule is CCOc1ccc(NCCSc2ccccc2)cn1. The molecule has 0 saturated heterocycles. The average molecular weight is 274 g/mol. The minimum Gasteiger partial charge on any atom is -0.478 e. The van der Waals surface area contributed by atoms with Gasteiger partial charge >= 0.3 is 0 Å². The van der Waals surface area contributed by atoms with Crippen LogP contribution in [0.4, 0.5) is 5.69 Å². The number of nitrogens with one attached hydrogen (secondary N) is 1. The van der Waals surface area contributed by atoms with Gasteiger partial charge in [0.05, 0.1) is 18.5 Å². The van der Waals surface area contributed by atoms with Gasteiger partial charge in [0.25, 0.3) is 0 Å². The number of hydrogen-bond acceptors (Lipinski definition) is 4. The molecule has 2 aromatic rings. The smallest absolute Gasteiger partial charge is 0.213 e. The van der Waals surface area contributed by atoms with E-state index in [9.17, 15) is 0 Å². The van der Waals surface area contributed by atoms with Gasteiger partial charge in [0.2, 0.25) is 5.88 Å². The average Bonchev–Trinajstić information content (AvgIpc) is 2.47. The quantitative estimate of drug-likeness (QED) is 0.617. The van der Waals surface area contributed by atoms with Crippen molar-refractivity contribution in [3.8, 4) is 5.88 Å². The number of aromatic nitrogens is 1. The van der Waals surface area contributed by atoms with Crippen molar-refractivity contribution < 1.29 is 4.74 Å². The Morgan fingerprint density at radius 1 is 1.16 bits per heavy atom. The van der Waals surface area contributed by atoms with Gasteiger partial charge in [-0.3, -0.25) is 0 Å². The molecule has 1 aromatic carbocycles. The third kappa shape index (κ3) is 4.83. The maximum atomic E-state index is 5.30. The fourth-order valence-corrected chi connectivity index (χ4v) is 2.39. The standard InChI is InChI=1S/C15H18N2OS/c1-2-18-15-9-8-13(12-17-15)16-10-11-19-14-6-4-3-5-7-14/h3-9,12,16H,2,10-11H2,1H3. The predicted molar refractivity (Wildman–Crippen MR) is 81.1 cm³/mol. The number of benzene rings is 1. The van der Waals surface area contributed by atoms with Gasteiger partial charge in [0.15, 0.2) is 0 Å². The lowest BCUT2D eigenvalue weighted by Gasteiger charge is -2.07. The zero-order valence-corrected chi connectivity index (χ0v) is 11.8. The second-order valence-corrected chi connectivity index (χ2v) is 5.07. The summed E-state index contributed by atoms with van der Waals surface area (Å²) in [5, 5.41) is 3.35. The first-order valence-electron chi connectivity index (χ1n) is 6.39. The molecule has 0 aliphatic carbocycles. The molecule has 0 aliphatic rings. The Labute approximate surface area is 118 Å². The monoisotopic (exact) mass is 274 g/mol. The molecule has 0 spiro atoms. The molecule has 2 rings (SSSR count). The van der Waals surface area contributed by atoms with Gasteiger partial charge < -0.3 is 10.1 Å². The van der Waals surface area contributed by atoms with Crippen molar-refractivity contribution in [2.24, 2.45) is 0 Å². The van der Waals surface area contributed by atoms with Crippen LogP contribution in [0.5, 0.6) is 5.88 Å². The van der Waals surface area contributed by atoms with Crippen molar-refractivity contribution >= 4 is 17.4 Å². The van der Waals surface area contributed by atoms with Gasteiger partial charge in [-0.15, -0.1) is 11.8 Å². The fourth-order valence-electron chi connectivity index (χ4n) is 1.60. The van der Waals surface area contributed by atoms with Crippen LogP contribution in [0.15, 0.2) is 53.6 Å². The highest BCUT2D eigenvalue weighted by Gasteiger charge is 1.96. The van der Waals surface area contributed by atoms with E-state index in [0.717, 1.165) is 18.0 Å². The Bertz CT molecular complexity index is 473. The number of anilines is 1. The molecule has 1 heterocycles. The van der Waals surface area contributed by atoms with Crippen molar-refractivity contribution in [3.63, 3.8) is 0 Å². The molecule has 0 radical (unpaired) electrons. The van der Waals surface area contributed by atoms with E-state index in [1.165, 1.54) is 4.90 Å². The van der Waals surface area contributed by atoms with Crippen molar-refractivity contribution in [2.75, 3.05) is 24.2 Å². The van der Waals surface area contributed by atoms with Crippen LogP contribution in [0.3, 0.4) is 0 Å². The normalized spacial score (nSPS) is 10.2. The summed E-state index contributed by atoms with van der Waals surface area (Å²) >= 11 is 1.84. The van der Waals surface area contributed by atoms with Crippen LogP contribution < -0.4 is 10.1 Å². The summed E-state index contributed by atoms with van der Waals surface area (Å²) in [4.78, 5) is 5.51. The van der Waals surface area contributed by atoms with Crippen LogP contribution in [0, 0.1) is 0 Å². The van der Waals surface area contributed by atoms with Crippen LogP contribution in [0.25, 0.3) is 0 Å². The van der Waals surface area contributed by atoms with Gasteiger partial charge in [-0.1, -0.05) is 18.2 Å². The summed E-state index contributed by atoms with van der Waals surface area (Å²) in [7, 11) is 0. The molecule has 1 N–H and O–H groups in total. The second kappa shape index (κ2) is 7.69. The van der Waals surface area contributed by atoms with Gasteiger partial charge in [-0.05, 0) is 25.1 Å². The van der Waals surface area contributed by atoms with Crippen LogP contribution in [-0.4, -0.2) is 23.9 Å². The van der Waals surface area contributed by atoms with Gasteiger partial charge in [0, 0.05) is 23.3 Å². The zero-order valence-electron chi connectivity index (χ0n) is 11.0. The highest BCUT2D eigenvalue weighted by atomic mass is 32.2. The molecule has 0 aliphatic heterocycles.